The molecule has 1 N–H and O–H groups in total. The molecule has 2 aromatic rings. The van der Waals surface area contributed by atoms with E-state index < -0.39 is 15.7 Å². The molecule has 0 saturated carbocycles. The minimum atomic E-state index is -3.43. The van der Waals surface area contributed by atoms with Crippen LogP contribution in [0, 0.1) is 0 Å². The van der Waals surface area contributed by atoms with Crippen molar-refractivity contribution in [2.75, 3.05) is 11.6 Å². The van der Waals surface area contributed by atoms with Gasteiger partial charge in [0, 0.05) is 18.6 Å². The summed E-state index contributed by atoms with van der Waals surface area (Å²) < 4.78 is 23.3. The van der Waals surface area contributed by atoms with Crippen molar-refractivity contribution in [3.63, 3.8) is 0 Å². The van der Waals surface area contributed by atoms with Gasteiger partial charge in [-0.15, -0.1) is 0 Å². The third-order valence-corrected chi connectivity index (χ3v) is 4.03. The first-order chi connectivity index (χ1) is 9.39. The molecule has 1 heterocycles. The van der Waals surface area contributed by atoms with Crippen LogP contribution in [0.3, 0.4) is 0 Å². The van der Waals surface area contributed by atoms with E-state index >= 15 is 0 Å². The smallest absolute Gasteiger partial charge is 0.258 e. The van der Waals surface area contributed by atoms with Crippen molar-refractivity contribution in [2.45, 2.75) is 4.90 Å². The first-order valence-electron chi connectivity index (χ1n) is 5.59. The molecule has 20 heavy (non-hydrogen) atoms. The largest absolute Gasteiger partial charge is 0.321 e. The average molecular weight is 311 g/mol. The van der Waals surface area contributed by atoms with Gasteiger partial charge in [-0.2, -0.15) is 0 Å². The zero-order valence-corrected chi connectivity index (χ0v) is 12.1. The molecule has 7 heteroatoms. The number of carbonyl (C=O) groups excluding carboxylic acids is 1. The highest BCUT2D eigenvalue weighted by Gasteiger charge is 2.16. The van der Waals surface area contributed by atoms with Gasteiger partial charge in [-0.05, 0) is 18.2 Å². The van der Waals surface area contributed by atoms with Gasteiger partial charge in [0.2, 0.25) is 0 Å². The van der Waals surface area contributed by atoms with E-state index in [1.165, 1.54) is 30.6 Å². The van der Waals surface area contributed by atoms with Gasteiger partial charge in [0.1, 0.15) is 0 Å². The standard InChI is InChI=1S/C13H11ClN2O3S/c1-20(18,19)12-5-3-2-4-11(12)16-13(17)9-8-15-7-6-10(9)14/h2-8H,1H3,(H,16,17). The lowest BCUT2D eigenvalue weighted by molar-refractivity contribution is 0.102. The van der Waals surface area contributed by atoms with E-state index in [1.807, 2.05) is 0 Å². The predicted octanol–water partition coefficient (Wildman–Crippen LogP) is 2.39. The number of hydrogen-bond donors (Lipinski definition) is 1. The SMILES string of the molecule is CS(=O)(=O)c1ccccc1NC(=O)c1cnccc1Cl. The fraction of sp³-hybridized carbons (Fsp3) is 0.0769. The first-order valence-corrected chi connectivity index (χ1v) is 7.86. The number of anilines is 1. The van der Waals surface area contributed by atoms with Crippen LogP contribution in [-0.2, 0) is 9.84 Å². The zero-order chi connectivity index (χ0) is 14.8. The zero-order valence-electron chi connectivity index (χ0n) is 10.5. The molecule has 1 aromatic carbocycles. The number of para-hydroxylation sites is 1. The van der Waals surface area contributed by atoms with Gasteiger partial charge in [-0.3, -0.25) is 9.78 Å². The van der Waals surface area contributed by atoms with E-state index in [0.717, 1.165) is 6.26 Å². The summed E-state index contributed by atoms with van der Waals surface area (Å²) in [6.45, 7) is 0. The number of nitrogens with zero attached hydrogens (tertiary/aromatic N) is 1. The molecule has 5 nitrogen and oxygen atoms in total. The van der Waals surface area contributed by atoms with Crippen LogP contribution in [0.2, 0.25) is 5.02 Å². The maximum atomic E-state index is 12.1. The molecule has 0 radical (unpaired) electrons. The summed E-state index contributed by atoms with van der Waals surface area (Å²) in [5.41, 5.74) is 0.386. The number of halogens is 1. The molecule has 0 atom stereocenters. The summed E-state index contributed by atoms with van der Waals surface area (Å²) in [5.74, 6) is -0.515. The summed E-state index contributed by atoms with van der Waals surface area (Å²) in [4.78, 5) is 15.9. The van der Waals surface area contributed by atoms with Crippen molar-refractivity contribution in [1.29, 1.82) is 0 Å². The van der Waals surface area contributed by atoms with Crippen LogP contribution >= 0.6 is 11.6 Å². The Bertz CT molecular complexity index is 760. The molecule has 1 aromatic heterocycles. The van der Waals surface area contributed by atoms with Crippen LogP contribution in [0.15, 0.2) is 47.6 Å². The Morgan fingerprint density at radius 3 is 2.60 bits per heavy atom. The molecule has 0 unspecified atom stereocenters. The Kier molecular flexibility index (Phi) is 4.06. The van der Waals surface area contributed by atoms with Crippen molar-refractivity contribution in [3.8, 4) is 0 Å². The number of aromatic nitrogens is 1. The minimum absolute atomic E-state index is 0.0494. The summed E-state index contributed by atoms with van der Waals surface area (Å²) >= 11 is 5.90. The molecule has 104 valence electrons. The molecule has 0 aliphatic heterocycles. The lowest BCUT2D eigenvalue weighted by Gasteiger charge is -2.10. The fourth-order valence-corrected chi connectivity index (χ4v) is 2.66. The van der Waals surface area contributed by atoms with Gasteiger partial charge in [-0.1, -0.05) is 23.7 Å². The van der Waals surface area contributed by atoms with Crippen LogP contribution < -0.4 is 5.32 Å². The summed E-state index contributed by atoms with van der Waals surface area (Å²) in [6, 6.07) is 7.64. The van der Waals surface area contributed by atoms with E-state index in [-0.39, 0.29) is 21.2 Å². The summed E-state index contributed by atoms with van der Waals surface area (Å²) in [6.07, 6.45) is 3.86. The fourth-order valence-electron chi connectivity index (χ4n) is 1.63. The lowest BCUT2D eigenvalue weighted by Crippen LogP contribution is -2.15. The predicted molar refractivity (Wildman–Crippen MR) is 76.8 cm³/mol. The highest BCUT2D eigenvalue weighted by molar-refractivity contribution is 7.90. The topological polar surface area (TPSA) is 76.1 Å². The van der Waals surface area contributed by atoms with Gasteiger partial charge >= 0.3 is 0 Å². The van der Waals surface area contributed by atoms with E-state index in [9.17, 15) is 13.2 Å². The second-order valence-electron chi connectivity index (χ2n) is 4.08. The van der Waals surface area contributed by atoms with Crippen LogP contribution in [0.4, 0.5) is 5.69 Å². The third-order valence-electron chi connectivity index (χ3n) is 2.55. The molecule has 2 rings (SSSR count). The maximum absolute atomic E-state index is 12.1. The van der Waals surface area contributed by atoms with Crippen LogP contribution in [0.1, 0.15) is 10.4 Å². The Morgan fingerprint density at radius 2 is 1.95 bits per heavy atom. The number of sulfone groups is 1. The van der Waals surface area contributed by atoms with E-state index in [1.54, 1.807) is 12.1 Å². The molecule has 0 fully saturated rings. The monoisotopic (exact) mass is 310 g/mol. The number of benzene rings is 1. The second-order valence-corrected chi connectivity index (χ2v) is 6.47. The first kappa shape index (κ1) is 14.5. The Morgan fingerprint density at radius 1 is 1.25 bits per heavy atom. The van der Waals surface area contributed by atoms with E-state index in [4.69, 9.17) is 11.6 Å². The van der Waals surface area contributed by atoms with E-state index in [2.05, 4.69) is 10.3 Å². The quantitative estimate of drug-likeness (QED) is 0.944. The number of rotatable bonds is 3. The molecule has 0 bridgehead atoms. The molecule has 0 spiro atoms. The second kappa shape index (κ2) is 5.60. The molecule has 0 aliphatic rings. The molecule has 0 aliphatic carbocycles. The summed E-state index contributed by atoms with van der Waals surface area (Å²) in [7, 11) is -3.43. The van der Waals surface area contributed by atoms with Crippen molar-refractivity contribution in [1.82, 2.24) is 4.98 Å². The average Bonchev–Trinajstić information content (AvgIpc) is 2.38. The highest BCUT2D eigenvalue weighted by atomic mass is 35.5. The van der Waals surface area contributed by atoms with Crippen LogP contribution in [-0.4, -0.2) is 25.6 Å². The van der Waals surface area contributed by atoms with Gasteiger partial charge in [0.15, 0.2) is 9.84 Å². The van der Waals surface area contributed by atoms with Crippen LogP contribution in [0.5, 0.6) is 0 Å². The number of hydrogen-bond acceptors (Lipinski definition) is 4. The van der Waals surface area contributed by atoms with Crippen molar-refractivity contribution < 1.29 is 13.2 Å². The Balaban J connectivity index is 2.37. The minimum Gasteiger partial charge on any atom is -0.321 e. The molecular formula is C13H11ClN2O3S. The van der Waals surface area contributed by atoms with Gasteiger partial charge in [0.05, 0.1) is 21.2 Å². The van der Waals surface area contributed by atoms with Crippen molar-refractivity contribution in [3.05, 3.63) is 53.3 Å². The normalized spacial score (nSPS) is 11.1. The van der Waals surface area contributed by atoms with E-state index in [0.29, 0.717) is 0 Å². The van der Waals surface area contributed by atoms with Gasteiger partial charge in [-0.25, -0.2) is 8.42 Å². The molecular weight excluding hydrogens is 300 g/mol. The van der Waals surface area contributed by atoms with Crippen LogP contribution in [0.25, 0.3) is 0 Å². The number of amides is 1. The number of carbonyl (C=O) groups is 1. The highest BCUT2D eigenvalue weighted by Crippen LogP contribution is 2.22. The third kappa shape index (κ3) is 3.15. The van der Waals surface area contributed by atoms with Gasteiger partial charge < -0.3 is 5.32 Å². The summed E-state index contributed by atoms with van der Waals surface area (Å²) in [5, 5.41) is 2.78. The number of pyridine rings is 1. The van der Waals surface area contributed by atoms with Crippen molar-refractivity contribution >= 4 is 33.0 Å². The van der Waals surface area contributed by atoms with Crippen molar-refractivity contribution in [2.24, 2.45) is 0 Å². The maximum Gasteiger partial charge on any atom is 0.258 e. The van der Waals surface area contributed by atoms with Gasteiger partial charge in [0.25, 0.3) is 5.91 Å². The Labute approximate surface area is 121 Å². The lowest BCUT2D eigenvalue weighted by atomic mass is 10.2. The number of nitrogens with one attached hydrogen (secondary N) is 1. The Hall–Kier alpha value is -1.92. The molecule has 1 amide bonds. The molecule has 0 saturated heterocycles.